The summed E-state index contributed by atoms with van der Waals surface area (Å²) < 4.78 is 13.4. The predicted molar refractivity (Wildman–Crippen MR) is 136 cm³/mol. The van der Waals surface area contributed by atoms with Crippen molar-refractivity contribution in [2.45, 2.75) is 109 Å². The molecule has 0 bridgehead atoms. The Hall–Kier alpha value is -0.690. The van der Waals surface area contributed by atoms with E-state index in [0.717, 1.165) is 50.8 Å². The van der Waals surface area contributed by atoms with Gasteiger partial charge in [0.2, 0.25) is 0 Å². The van der Waals surface area contributed by atoms with E-state index in [0.29, 0.717) is 41.9 Å². The van der Waals surface area contributed by atoms with Crippen molar-refractivity contribution in [3.8, 4) is 0 Å². The summed E-state index contributed by atoms with van der Waals surface area (Å²) >= 11 is 0. The summed E-state index contributed by atoms with van der Waals surface area (Å²) in [7, 11) is 3.90. The van der Waals surface area contributed by atoms with Crippen molar-refractivity contribution in [3.63, 3.8) is 0 Å². The molecule has 0 radical (unpaired) electrons. The van der Waals surface area contributed by atoms with Crippen LogP contribution in [0.5, 0.6) is 0 Å². The molecular formula is C29H48N2O4. The van der Waals surface area contributed by atoms with Gasteiger partial charge in [0.15, 0.2) is 5.79 Å². The van der Waals surface area contributed by atoms with E-state index in [2.05, 4.69) is 27.7 Å². The maximum Gasteiger partial charge on any atom is 0.171 e. The average Bonchev–Trinajstić information content (AvgIpc) is 3.23. The minimum atomic E-state index is -1.02. The first-order valence-electron chi connectivity index (χ1n) is 14.4. The fraction of sp³-hybridized carbons (Fsp3) is 0.966. The summed E-state index contributed by atoms with van der Waals surface area (Å²) in [4.78, 5) is 0. The van der Waals surface area contributed by atoms with Gasteiger partial charge in [-0.25, -0.2) is 0 Å². The Morgan fingerprint density at radius 3 is 2.49 bits per heavy atom. The summed E-state index contributed by atoms with van der Waals surface area (Å²) in [6.45, 7) is 10.4. The molecule has 0 aromatic heterocycles. The van der Waals surface area contributed by atoms with Crippen LogP contribution in [0.1, 0.15) is 85.5 Å². The normalized spacial score (nSPS) is 58.6. The molecule has 0 amide bonds. The number of rotatable bonds is 1. The third-order valence-electron chi connectivity index (χ3n) is 12.2. The maximum absolute atomic E-state index is 12.2. The number of aliphatic hydroxyl groups is 2. The average molecular weight is 489 g/mol. The first-order chi connectivity index (χ1) is 16.4. The van der Waals surface area contributed by atoms with Crippen molar-refractivity contribution in [2.24, 2.45) is 51.4 Å². The Bertz CT molecular complexity index is 884. The third kappa shape index (κ3) is 3.25. The van der Waals surface area contributed by atoms with Crippen LogP contribution in [0.25, 0.3) is 0 Å². The van der Waals surface area contributed by atoms with Crippen LogP contribution in [0.4, 0.5) is 0 Å². The summed E-state index contributed by atoms with van der Waals surface area (Å²) in [6, 6.07) is 0. The standard InChI is InChI=1S/C29H48N2O4/c1-17-7-12-29(34-16-17)18(2)25-23(35-29)14-22-20-13-24(30-31(5)6)28(33)15-19(32)8-11-27(28,4)21(20)9-10-26(22,25)3/h17-23,25,32-33H,7-16H2,1-6H3/b30-24+/t17?,18-,19?,20+,21-,22-,23?,25?,26-,27+,28-,29+/m0/s1. The van der Waals surface area contributed by atoms with Crippen LogP contribution < -0.4 is 0 Å². The molecule has 4 saturated carbocycles. The van der Waals surface area contributed by atoms with Crippen molar-refractivity contribution in [1.82, 2.24) is 5.01 Å². The molecule has 6 fully saturated rings. The van der Waals surface area contributed by atoms with Crippen LogP contribution >= 0.6 is 0 Å². The first kappa shape index (κ1) is 24.6. The van der Waals surface area contributed by atoms with Crippen molar-refractivity contribution >= 4 is 5.71 Å². The van der Waals surface area contributed by atoms with Crippen LogP contribution in [0, 0.1) is 46.3 Å². The van der Waals surface area contributed by atoms with Gasteiger partial charge in [-0.15, -0.1) is 0 Å². The van der Waals surface area contributed by atoms with Gasteiger partial charge in [-0.3, -0.25) is 0 Å². The molecule has 0 aromatic rings. The number of aliphatic hydroxyl groups excluding tert-OH is 1. The lowest BCUT2D eigenvalue weighted by Gasteiger charge is -2.64. The maximum atomic E-state index is 12.2. The molecule has 0 aromatic carbocycles. The van der Waals surface area contributed by atoms with Crippen LogP contribution in [0.2, 0.25) is 0 Å². The molecule has 2 aliphatic heterocycles. The van der Waals surface area contributed by atoms with E-state index in [1.165, 1.54) is 12.8 Å². The highest BCUT2D eigenvalue weighted by Gasteiger charge is 2.71. The van der Waals surface area contributed by atoms with E-state index in [1.54, 1.807) is 0 Å². The molecule has 35 heavy (non-hydrogen) atoms. The molecule has 2 N–H and O–H groups in total. The monoisotopic (exact) mass is 488 g/mol. The van der Waals surface area contributed by atoms with E-state index in [1.807, 2.05) is 19.1 Å². The molecule has 198 valence electrons. The molecule has 6 nitrogen and oxygen atoms in total. The van der Waals surface area contributed by atoms with E-state index < -0.39 is 11.7 Å². The Balaban J connectivity index is 1.34. The number of hydrogen-bond donors (Lipinski definition) is 2. The van der Waals surface area contributed by atoms with Crippen LogP contribution in [-0.2, 0) is 9.47 Å². The molecule has 4 unspecified atom stereocenters. The highest BCUT2D eigenvalue weighted by molar-refractivity contribution is 5.94. The molecular weight excluding hydrogens is 440 g/mol. The second-order valence-electron chi connectivity index (χ2n) is 14.2. The lowest BCUT2D eigenvalue weighted by atomic mass is 9.42. The van der Waals surface area contributed by atoms with Gasteiger partial charge in [-0.2, -0.15) is 5.10 Å². The summed E-state index contributed by atoms with van der Waals surface area (Å²) in [5.74, 6) is 2.77. The molecule has 2 heterocycles. The van der Waals surface area contributed by atoms with Crippen LogP contribution in [0.3, 0.4) is 0 Å². The minimum Gasteiger partial charge on any atom is -0.393 e. The zero-order chi connectivity index (χ0) is 25.0. The van der Waals surface area contributed by atoms with Gasteiger partial charge in [-0.1, -0.05) is 27.7 Å². The van der Waals surface area contributed by atoms with Crippen molar-refractivity contribution in [2.75, 3.05) is 20.7 Å². The van der Waals surface area contributed by atoms with Gasteiger partial charge in [0, 0.05) is 38.3 Å². The molecule has 1 spiro atoms. The van der Waals surface area contributed by atoms with Gasteiger partial charge >= 0.3 is 0 Å². The highest BCUT2D eigenvalue weighted by Crippen LogP contribution is 2.71. The SMILES string of the molecule is CC1CC[C@@]2(OC1)OC1C[C@H]3[C@@H]4C/C(=N\N(C)C)[C@@]5(O)CC(O)CC[C@]5(C)[C@H]4CC[C@]3(C)C1[C@@H]2C. The molecule has 4 aliphatic carbocycles. The Labute approximate surface area is 211 Å². The van der Waals surface area contributed by atoms with Crippen molar-refractivity contribution in [1.29, 1.82) is 0 Å². The Morgan fingerprint density at radius 2 is 1.80 bits per heavy atom. The van der Waals surface area contributed by atoms with Crippen LogP contribution in [-0.4, -0.2) is 65.2 Å². The van der Waals surface area contributed by atoms with Crippen LogP contribution in [0.15, 0.2) is 5.10 Å². The largest absolute Gasteiger partial charge is 0.393 e. The van der Waals surface area contributed by atoms with Gasteiger partial charge < -0.3 is 24.7 Å². The molecule has 6 rings (SSSR count). The highest BCUT2D eigenvalue weighted by atomic mass is 16.7. The molecule has 6 aliphatic rings. The van der Waals surface area contributed by atoms with E-state index in [4.69, 9.17) is 14.6 Å². The molecule has 12 atom stereocenters. The number of nitrogens with zero attached hydrogens (tertiary/aromatic N) is 2. The molecule has 6 heteroatoms. The Kier molecular flexibility index (Phi) is 5.57. The number of hydrazone groups is 1. The quantitative estimate of drug-likeness (QED) is 0.534. The van der Waals surface area contributed by atoms with Gasteiger partial charge in [0.05, 0.1) is 24.5 Å². The predicted octanol–water partition coefficient (Wildman–Crippen LogP) is 4.44. The number of ether oxygens (including phenoxy) is 2. The fourth-order valence-corrected chi connectivity index (χ4v) is 10.4. The number of fused-ring (bicyclic) bond motifs is 7. The zero-order valence-electron chi connectivity index (χ0n) is 22.8. The number of hydrogen-bond acceptors (Lipinski definition) is 6. The van der Waals surface area contributed by atoms with E-state index in [9.17, 15) is 10.2 Å². The lowest BCUT2D eigenvalue weighted by Crippen LogP contribution is -2.67. The van der Waals surface area contributed by atoms with Crippen molar-refractivity contribution < 1.29 is 19.7 Å². The Morgan fingerprint density at radius 1 is 1.03 bits per heavy atom. The smallest absolute Gasteiger partial charge is 0.171 e. The topological polar surface area (TPSA) is 74.5 Å². The van der Waals surface area contributed by atoms with E-state index >= 15 is 0 Å². The lowest BCUT2D eigenvalue weighted by molar-refractivity contribution is -0.273. The summed E-state index contributed by atoms with van der Waals surface area (Å²) in [5.41, 5.74) is -0.107. The van der Waals surface area contributed by atoms with Gasteiger partial charge in [0.25, 0.3) is 0 Å². The second-order valence-corrected chi connectivity index (χ2v) is 14.2. The first-order valence-corrected chi connectivity index (χ1v) is 14.4. The second kappa shape index (κ2) is 7.91. The third-order valence-corrected chi connectivity index (χ3v) is 12.2. The van der Waals surface area contributed by atoms with Gasteiger partial charge in [0.1, 0.15) is 5.60 Å². The zero-order valence-corrected chi connectivity index (χ0v) is 22.8. The minimum absolute atomic E-state index is 0.237. The summed E-state index contributed by atoms with van der Waals surface area (Å²) in [5, 5.41) is 29.5. The molecule has 2 saturated heterocycles. The van der Waals surface area contributed by atoms with E-state index in [-0.39, 0.29) is 22.7 Å². The fourth-order valence-electron chi connectivity index (χ4n) is 10.4. The van der Waals surface area contributed by atoms with Gasteiger partial charge in [-0.05, 0) is 80.0 Å². The summed E-state index contributed by atoms with van der Waals surface area (Å²) in [6.07, 6.45) is 8.45. The van der Waals surface area contributed by atoms with Crippen molar-refractivity contribution in [3.05, 3.63) is 0 Å².